The van der Waals surface area contributed by atoms with Crippen molar-refractivity contribution >= 4 is 23.5 Å². The van der Waals surface area contributed by atoms with Crippen LogP contribution in [0.3, 0.4) is 0 Å². The van der Waals surface area contributed by atoms with Gasteiger partial charge >= 0.3 is 11.9 Å². The molecule has 1 unspecified atom stereocenters. The van der Waals surface area contributed by atoms with E-state index in [1.165, 1.54) is 6.33 Å². The Morgan fingerprint density at radius 3 is 2.79 bits per heavy atom. The van der Waals surface area contributed by atoms with Crippen LogP contribution in [0.15, 0.2) is 6.33 Å². The van der Waals surface area contributed by atoms with Crippen LogP contribution in [0.4, 0.5) is 0 Å². The molecular weight excluding hydrogens is 208 g/mol. The zero-order valence-electron chi connectivity index (χ0n) is 7.36. The van der Waals surface area contributed by atoms with Crippen molar-refractivity contribution in [2.24, 2.45) is 7.05 Å². The van der Waals surface area contributed by atoms with Crippen LogP contribution in [-0.4, -0.2) is 21.5 Å². The number of ether oxygens (including phenoxy) is 1. The summed E-state index contributed by atoms with van der Waals surface area (Å²) in [6.07, 6.45) is 1.53. The van der Waals surface area contributed by atoms with Gasteiger partial charge in [0.25, 0.3) is 0 Å². The second kappa shape index (κ2) is 3.09. The molecule has 0 spiro atoms. The van der Waals surface area contributed by atoms with Crippen LogP contribution >= 0.6 is 11.6 Å². The summed E-state index contributed by atoms with van der Waals surface area (Å²) in [6, 6.07) is 0. The van der Waals surface area contributed by atoms with Gasteiger partial charge in [0.2, 0.25) is 0 Å². The van der Waals surface area contributed by atoms with Crippen molar-refractivity contribution in [2.45, 2.75) is 12.3 Å². The molecule has 0 bridgehead atoms. The Morgan fingerprint density at radius 1 is 1.64 bits per heavy atom. The van der Waals surface area contributed by atoms with Gasteiger partial charge in [0.15, 0.2) is 5.15 Å². The summed E-state index contributed by atoms with van der Waals surface area (Å²) in [5, 5.41) is 0.240. The number of aryl methyl sites for hydroxylation is 1. The van der Waals surface area contributed by atoms with E-state index < -0.39 is 17.9 Å². The van der Waals surface area contributed by atoms with Crippen LogP contribution in [0.2, 0.25) is 5.15 Å². The van der Waals surface area contributed by atoms with Gasteiger partial charge in [-0.05, 0) is 0 Å². The van der Waals surface area contributed by atoms with E-state index in [0.717, 1.165) is 0 Å². The highest BCUT2D eigenvalue weighted by atomic mass is 35.5. The first-order valence-electron chi connectivity index (χ1n) is 4.01. The first kappa shape index (κ1) is 9.21. The van der Waals surface area contributed by atoms with E-state index in [2.05, 4.69) is 9.72 Å². The Morgan fingerprint density at radius 2 is 2.36 bits per heavy atom. The van der Waals surface area contributed by atoms with Crippen LogP contribution in [0.25, 0.3) is 0 Å². The summed E-state index contributed by atoms with van der Waals surface area (Å²) in [7, 11) is 1.71. The molecule has 2 heterocycles. The van der Waals surface area contributed by atoms with E-state index in [1.807, 2.05) is 0 Å². The second-order valence-electron chi connectivity index (χ2n) is 3.08. The van der Waals surface area contributed by atoms with Gasteiger partial charge in [-0.2, -0.15) is 0 Å². The van der Waals surface area contributed by atoms with Crippen LogP contribution in [0.5, 0.6) is 0 Å². The molecule has 1 saturated heterocycles. The van der Waals surface area contributed by atoms with Gasteiger partial charge in [0.1, 0.15) is 5.92 Å². The van der Waals surface area contributed by atoms with Gasteiger partial charge in [0.05, 0.1) is 18.4 Å². The molecule has 6 heteroatoms. The number of hydrogen-bond acceptors (Lipinski definition) is 4. The average molecular weight is 215 g/mol. The highest BCUT2D eigenvalue weighted by Crippen LogP contribution is 2.31. The van der Waals surface area contributed by atoms with Crippen LogP contribution < -0.4 is 0 Å². The molecule has 1 aliphatic rings. The lowest BCUT2D eigenvalue weighted by Gasteiger charge is -2.05. The molecule has 0 N–H and O–H groups in total. The Labute approximate surface area is 84.6 Å². The Balaban J connectivity index is 2.40. The van der Waals surface area contributed by atoms with Gasteiger partial charge < -0.3 is 9.30 Å². The maximum Gasteiger partial charge on any atom is 0.323 e. The van der Waals surface area contributed by atoms with Crippen LogP contribution in [0.1, 0.15) is 18.0 Å². The molecule has 0 amide bonds. The molecule has 1 aliphatic heterocycles. The zero-order valence-corrected chi connectivity index (χ0v) is 8.11. The van der Waals surface area contributed by atoms with Gasteiger partial charge in [-0.3, -0.25) is 9.59 Å². The van der Waals surface area contributed by atoms with Crippen molar-refractivity contribution in [3.8, 4) is 0 Å². The van der Waals surface area contributed by atoms with E-state index in [0.29, 0.717) is 5.69 Å². The minimum atomic E-state index is -0.609. The number of nitrogens with zero attached hydrogens (tertiary/aromatic N) is 2. The first-order valence-corrected chi connectivity index (χ1v) is 4.38. The third-order valence-corrected chi connectivity index (χ3v) is 2.43. The number of cyclic esters (lactones) is 2. The van der Waals surface area contributed by atoms with Gasteiger partial charge in [-0.1, -0.05) is 11.6 Å². The monoisotopic (exact) mass is 214 g/mol. The Kier molecular flexibility index (Phi) is 2.03. The predicted molar refractivity (Wildman–Crippen MR) is 46.7 cm³/mol. The normalized spacial score (nSPS) is 21.4. The fourth-order valence-corrected chi connectivity index (χ4v) is 1.79. The van der Waals surface area contributed by atoms with E-state index in [9.17, 15) is 9.59 Å². The minimum Gasteiger partial charge on any atom is -0.393 e. The number of esters is 2. The molecule has 2 rings (SSSR count). The van der Waals surface area contributed by atoms with Crippen LogP contribution in [0, 0.1) is 0 Å². The minimum absolute atomic E-state index is 0.0398. The molecule has 1 atom stereocenters. The second-order valence-corrected chi connectivity index (χ2v) is 3.44. The number of hydrogen-bond donors (Lipinski definition) is 0. The van der Waals surface area contributed by atoms with Gasteiger partial charge in [-0.25, -0.2) is 4.98 Å². The highest BCUT2D eigenvalue weighted by molar-refractivity contribution is 6.30. The predicted octanol–water partition coefficient (Wildman–Crippen LogP) is 0.631. The van der Waals surface area contributed by atoms with Crippen molar-refractivity contribution in [2.75, 3.05) is 0 Å². The van der Waals surface area contributed by atoms with Crippen LogP contribution in [-0.2, 0) is 21.4 Å². The number of imidazole rings is 1. The van der Waals surface area contributed by atoms with E-state index in [-0.39, 0.29) is 11.6 Å². The molecule has 14 heavy (non-hydrogen) atoms. The number of carbonyl (C=O) groups is 2. The summed E-state index contributed by atoms with van der Waals surface area (Å²) in [6.45, 7) is 0. The third-order valence-electron chi connectivity index (χ3n) is 2.14. The summed E-state index contributed by atoms with van der Waals surface area (Å²) < 4.78 is 6.05. The summed E-state index contributed by atoms with van der Waals surface area (Å²) in [4.78, 5) is 25.9. The largest absolute Gasteiger partial charge is 0.393 e. The summed E-state index contributed by atoms with van der Waals surface area (Å²) in [5.74, 6) is -1.68. The average Bonchev–Trinajstić information content (AvgIpc) is 2.57. The van der Waals surface area contributed by atoms with Crippen molar-refractivity contribution in [1.29, 1.82) is 0 Å². The fraction of sp³-hybridized carbons (Fsp3) is 0.375. The Hall–Kier alpha value is -1.36. The molecule has 5 nitrogen and oxygen atoms in total. The lowest BCUT2D eigenvalue weighted by atomic mass is 10.1. The quantitative estimate of drug-likeness (QED) is 0.508. The summed E-state index contributed by atoms with van der Waals surface area (Å²) in [5.41, 5.74) is 0.530. The van der Waals surface area contributed by atoms with E-state index in [4.69, 9.17) is 11.6 Å². The molecular formula is C8H7ClN2O3. The van der Waals surface area contributed by atoms with E-state index >= 15 is 0 Å². The lowest BCUT2D eigenvalue weighted by Crippen LogP contribution is -2.10. The maximum absolute atomic E-state index is 11.2. The van der Waals surface area contributed by atoms with Gasteiger partial charge in [-0.15, -0.1) is 0 Å². The first-order chi connectivity index (χ1) is 6.59. The van der Waals surface area contributed by atoms with Crippen molar-refractivity contribution in [3.05, 3.63) is 17.2 Å². The van der Waals surface area contributed by atoms with Gasteiger partial charge in [0, 0.05) is 7.05 Å². The smallest absolute Gasteiger partial charge is 0.323 e. The lowest BCUT2D eigenvalue weighted by molar-refractivity contribution is -0.152. The Bertz CT molecular complexity index is 393. The summed E-state index contributed by atoms with van der Waals surface area (Å²) >= 11 is 5.79. The molecule has 1 fully saturated rings. The number of carbonyl (C=O) groups excluding carboxylic acids is 2. The van der Waals surface area contributed by atoms with Crippen molar-refractivity contribution in [3.63, 3.8) is 0 Å². The van der Waals surface area contributed by atoms with E-state index in [1.54, 1.807) is 11.6 Å². The molecule has 0 aromatic carbocycles. The molecule has 74 valence electrons. The molecule has 0 aliphatic carbocycles. The standard InChI is InChI=1S/C8H7ClN2O3/c1-11-3-10-7(9)6(11)4-2-5(12)14-8(4)13/h3-4H,2H2,1H3. The topological polar surface area (TPSA) is 61.2 Å². The fourth-order valence-electron chi connectivity index (χ4n) is 1.48. The maximum atomic E-state index is 11.2. The molecule has 1 aromatic heterocycles. The zero-order chi connectivity index (χ0) is 10.3. The molecule has 1 aromatic rings. The number of rotatable bonds is 1. The molecule has 0 radical (unpaired) electrons. The number of halogens is 1. The highest BCUT2D eigenvalue weighted by Gasteiger charge is 2.37. The molecule has 0 saturated carbocycles. The number of aromatic nitrogens is 2. The third kappa shape index (κ3) is 1.29. The van der Waals surface area contributed by atoms with Crippen molar-refractivity contribution in [1.82, 2.24) is 9.55 Å². The van der Waals surface area contributed by atoms with Crippen molar-refractivity contribution < 1.29 is 14.3 Å². The SMILES string of the molecule is Cn1cnc(Cl)c1C1CC(=O)OC1=O.